The number of aliphatic hydroxyl groups excluding tert-OH is 1. The standard InChI is InChI=1S/C12H18O3.C2H6/c1-9(2)11-5-4-10(15-7-6-13)8-12(11)14-3;1-2/h4-5,8-9,13H,6-7H2,1-3H3;1-2H3. The molecule has 0 unspecified atom stereocenters. The summed E-state index contributed by atoms with van der Waals surface area (Å²) in [6.07, 6.45) is 0. The highest BCUT2D eigenvalue weighted by molar-refractivity contribution is 5.42. The largest absolute Gasteiger partial charge is 0.496 e. The number of ether oxygens (including phenoxy) is 2. The van der Waals surface area contributed by atoms with Gasteiger partial charge in [-0.25, -0.2) is 0 Å². The third kappa shape index (κ3) is 5.09. The van der Waals surface area contributed by atoms with Crippen molar-refractivity contribution in [2.75, 3.05) is 20.3 Å². The normalized spacial score (nSPS) is 9.59. The maximum atomic E-state index is 8.64. The molecule has 0 radical (unpaired) electrons. The molecule has 1 N–H and O–H groups in total. The minimum absolute atomic E-state index is 0.0221. The van der Waals surface area contributed by atoms with E-state index in [1.54, 1.807) is 7.11 Å². The summed E-state index contributed by atoms with van der Waals surface area (Å²) in [4.78, 5) is 0. The summed E-state index contributed by atoms with van der Waals surface area (Å²) >= 11 is 0. The van der Waals surface area contributed by atoms with E-state index in [1.807, 2.05) is 32.0 Å². The third-order valence-corrected chi connectivity index (χ3v) is 2.19. The monoisotopic (exact) mass is 240 g/mol. The fourth-order valence-electron chi connectivity index (χ4n) is 1.42. The zero-order valence-corrected chi connectivity index (χ0v) is 11.5. The van der Waals surface area contributed by atoms with Crippen LogP contribution in [0.2, 0.25) is 0 Å². The average Bonchev–Trinajstić information content (AvgIpc) is 2.38. The second-order valence-electron chi connectivity index (χ2n) is 3.63. The van der Waals surface area contributed by atoms with Crippen LogP contribution in [0.4, 0.5) is 0 Å². The topological polar surface area (TPSA) is 38.7 Å². The van der Waals surface area contributed by atoms with E-state index in [2.05, 4.69) is 13.8 Å². The Bertz CT molecular complexity index is 308. The molecule has 0 amide bonds. The molecule has 0 aliphatic heterocycles. The van der Waals surface area contributed by atoms with Gasteiger partial charge in [-0.05, 0) is 17.5 Å². The second kappa shape index (κ2) is 8.88. The lowest BCUT2D eigenvalue weighted by Crippen LogP contribution is -2.02. The minimum Gasteiger partial charge on any atom is -0.496 e. The molecule has 0 aliphatic rings. The Labute approximate surface area is 104 Å². The fraction of sp³-hybridized carbons (Fsp3) is 0.571. The van der Waals surface area contributed by atoms with E-state index in [-0.39, 0.29) is 6.61 Å². The van der Waals surface area contributed by atoms with Gasteiger partial charge < -0.3 is 14.6 Å². The van der Waals surface area contributed by atoms with E-state index in [1.165, 1.54) is 0 Å². The van der Waals surface area contributed by atoms with Crippen molar-refractivity contribution in [1.29, 1.82) is 0 Å². The van der Waals surface area contributed by atoms with Crippen molar-refractivity contribution >= 4 is 0 Å². The van der Waals surface area contributed by atoms with E-state index in [0.717, 1.165) is 17.1 Å². The number of methoxy groups -OCH3 is 1. The summed E-state index contributed by atoms with van der Waals surface area (Å²) in [6.45, 7) is 8.57. The van der Waals surface area contributed by atoms with Gasteiger partial charge in [0, 0.05) is 6.07 Å². The Hall–Kier alpha value is -1.22. The molecule has 3 nitrogen and oxygen atoms in total. The van der Waals surface area contributed by atoms with Crippen LogP contribution in [0.25, 0.3) is 0 Å². The van der Waals surface area contributed by atoms with E-state index < -0.39 is 0 Å². The molecule has 0 fully saturated rings. The molecule has 1 aromatic rings. The zero-order chi connectivity index (χ0) is 13.3. The Kier molecular flexibility index (Phi) is 8.24. The second-order valence-corrected chi connectivity index (χ2v) is 3.63. The van der Waals surface area contributed by atoms with Crippen LogP contribution in [0.1, 0.15) is 39.2 Å². The predicted octanol–water partition coefficient (Wildman–Crippen LogP) is 3.22. The molecule has 0 aliphatic carbocycles. The molecule has 0 saturated carbocycles. The average molecular weight is 240 g/mol. The Morgan fingerprint density at radius 2 is 1.88 bits per heavy atom. The van der Waals surface area contributed by atoms with Crippen molar-refractivity contribution in [2.45, 2.75) is 33.6 Å². The van der Waals surface area contributed by atoms with Gasteiger partial charge in [0.25, 0.3) is 0 Å². The van der Waals surface area contributed by atoms with Crippen LogP contribution in [-0.4, -0.2) is 25.4 Å². The van der Waals surface area contributed by atoms with Gasteiger partial charge in [0.1, 0.15) is 18.1 Å². The molecule has 0 bridgehead atoms. The summed E-state index contributed by atoms with van der Waals surface area (Å²) in [5.41, 5.74) is 1.16. The molecule has 1 rings (SSSR count). The van der Waals surface area contributed by atoms with Gasteiger partial charge in [0.2, 0.25) is 0 Å². The highest BCUT2D eigenvalue weighted by atomic mass is 16.5. The van der Waals surface area contributed by atoms with Gasteiger partial charge in [-0.2, -0.15) is 0 Å². The van der Waals surface area contributed by atoms with Crippen LogP contribution in [0.15, 0.2) is 18.2 Å². The van der Waals surface area contributed by atoms with Crippen molar-refractivity contribution in [3.05, 3.63) is 23.8 Å². The van der Waals surface area contributed by atoms with Gasteiger partial charge in [-0.1, -0.05) is 33.8 Å². The first-order valence-corrected chi connectivity index (χ1v) is 6.10. The summed E-state index contributed by atoms with van der Waals surface area (Å²) in [7, 11) is 1.65. The van der Waals surface area contributed by atoms with E-state index in [0.29, 0.717) is 12.5 Å². The molecule has 0 spiro atoms. The molecule has 0 heterocycles. The maximum Gasteiger partial charge on any atom is 0.126 e. The SMILES string of the molecule is CC.COc1cc(OCCO)ccc1C(C)C. The van der Waals surface area contributed by atoms with Crippen LogP contribution in [0.5, 0.6) is 11.5 Å². The van der Waals surface area contributed by atoms with Crippen molar-refractivity contribution in [3.63, 3.8) is 0 Å². The third-order valence-electron chi connectivity index (χ3n) is 2.19. The first-order valence-electron chi connectivity index (χ1n) is 6.10. The van der Waals surface area contributed by atoms with Crippen LogP contribution in [0, 0.1) is 0 Å². The van der Waals surface area contributed by atoms with Crippen LogP contribution in [0.3, 0.4) is 0 Å². The molecular formula is C14H24O3. The molecule has 17 heavy (non-hydrogen) atoms. The van der Waals surface area contributed by atoms with Gasteiger partial charge in [0.15, 0.2) is 0 Å². The molecule has 0 aromatic heterocycles. The van der Waals surface area contributed by atoms with Crippen LogP contribution in [-0.2, 0) is 0 Å². The number of hydrogen-bond acceptors (Lipinski definition) is 3. The summed E-state index contributed by atoms with van der Waals surface area (Å²) in [5, 5.41) is 8.64. The summed E-state index contributed by atoms with van der Waals surface area (Å²) in [5.74, 6) is 1.98. The Balaban J connectivity index is 0.00000121. The highest BCUT2D eigenvalue weighted by Gasteiger charge is 2.08. The molecule has 98 valence electrons. The molecular weight excluding hydrogens is 216 g/mol. The summed E-state index contributed by atoms with van der Waals surface area (Å²) < 4.78 is 10.6. The molecule has 0 atom stereocenters. The lowest BCUT2D eigenvalue weighted by atomic mass is 10.0. The number of benzene rings is 1. The lowest BCUT2D eigenvalue weighted by molar-refractivity contribution is 0.201. The van der Waals surface area contributed by atoms with Crippen molar-refractivity contribution < 1.29 is 14.6 Å². The van der Waals surface area contributed by atoms with E-state index in [4.69, 9.17) is 14.6 Å². The number of rotatable bonds is 5. The minimum atomic E-state index is 0.0221. The Morgan fingerprint density at radius 3 is 2.35 bits per heavy atom. The van der Waals surface area contributed by atoms with Gasteiger partial charge in [-0.3, -0.25) is 0 Å². The zero-order valence-electron chi connectivity index (χ0n) is 11.5. The Morgan fingerprint density at radius 1 is 1.24 bits per heavy atom. The van der Waals surface area contributed by atoms with Crippen LogP contribution < -0.4 is 9.47 Å². The van der Waals surface area contributed by atoms with Crippen molar-refractivity contribution in [1.82, 2.24) is 0 Å². The van der Waals surface area contributed by atoms with Gasteiger partial charge >= 0.3 is 0 Å². The van der Waals surface area contributed by atoms with E-state index in [9.17, 15) is 0 Å². The fourth-order valence-corrected chi connectivity index (χ4v) is 1.42. The first-order chi connectivity index (χ1) is 8.19. The quantitative estimate of drug-likeness (QED) is 0.859. The van der Waals surface area contributed by atoms with Crippen molar-refractivity contribution in [2.24, 2.45) is 0 Å². The predicted molar refractivity (Wildman–Crippen MR) is 71.0 cm³/mol. The lowest BCUT2D eigenvalue weighted by Gasteiger charge is -2.13. The van der Waals surface area contributed by atoms with E-state index >= 15 is 0 Å². The molecule has 1 aromatic carbocycles. The summed E-state index contributed by atoms with van der Waals surface area (Å²) in [6, 6.07) is 5.74. The molecule has 0 saturated heterocycles. The van der Waals surface area contributed by atoms with Gasteiger partial charge in [0.05, 0.1) is 13.7 Å². The van der Waals surface area contributed by atoms with Crippen molar-refractivity contribution in [3.8, 4) is 11.5 Å². The number of aliphatic hydroxyl groups is 1. The first kappa shape index (κ1) is 15.8. The molecule has 3 heteroatoms. The van der Waals surface area contributed by atoms with Crippen LogP contribution >= 0.6 is 0 Å². The smallest absolute Gasteiger partial charge is 0.126 e. The highest BCUT2D eigenvalue weighted by Crippen LogP contribution is 2.30. The number of hydrogen-bond donors (Lipinski definition) is 1. The van der Waals surface area contributed by atoms with Gasteiger partial charge in [-0.15, -0.1) is 0 Å². The maximum absolute atomic E-state index is 8.64.